The van der Waals surface area contributed by atoms with E-state index < -0.39 is 12.2 Å². The van der Waals surface area contributed by atoms with Crippen LogP contribution in [0.2, 0.25) is 0 Å². The van der Waals surface area contributed by atoms with Crippen molar-refractivity contribution in [3.63, 3.8) is 0 Å². The Morgan fingerprint density at radius 2 is 2.43 bits per heavy atom. The van der Waals surface area contributed by atoms with Gasteiger partial charge in [0.15, 0.2) is 0 Å². The average Bonchev–Trinajstić information content (AvgIpc) is 2.59. The molecular formula is C6H10N6O2. The standard InChI is InChI=1S/C6H10N6O2/c7-6-3(1-9-11-6)5(14)4(13)2-10-12-8/h1,4-5,13-14H,2H2,(H3,7,9,11). The number of azide groups is 1. The maximum absolute atomic E-state index is 9.51. The molecule has 8 nitrogen and oxygen atoms in total. The van der Waals surface area contributed by atoms with E-state index >= 15 is 0 Å². The highest BCUT2D eigenvalue weighted by Crippen LogP contribution is 2.20. The number of hydrogen-bond donors (Lipinski definition) is 4. The number of aromatic amines is 1. The molecule has 5 N–H and O–H groups in total. The number of aromatic nitrogens is 2. The van der Waals surface area contributed by atoms with E-state index in [1.807, 2.05) is 0 Å². The molecule has 0 saturated heterocycles. The molecule has 0 aliphatic rings. The fourth-order valence-corrected chi connectivity index (χ4v) is 0.968. The van der Waals surface area contributed by atoms with Crippen LogP contribution in [0.4, 0.5) is 5.82 Å². The molecule has 0 aliphatic heterocycles. The van der Waals surface area contributed by atoms with Crippen molar-refractivity contribution < 1.29 is 10.2 Å². The summed E-state index contributed by atoms with van der Waals surface area (Å²) in [5.74, 6) is 0.178. The van der Waals surface area contributed by atoms with Crippen LogP contribution in [0.5, 0.6) is 0 Å². The van der Waals surface area contributed by atoms with Gasteiger partial charge in [-0.3, -0.25) is 5.10 Å². The van der Waals surface area contributed by atoms with Crippen LogP contribution in [0.3, 0.4) is 0 Å². The summed E-state index contributed by atoms with van der Waals surface area (Å²) in [6.45, 7) is -0.220. The summed E-state index contributed by atoms with van der Waals surface area (Å²) < 4.78 is 0. The minimum atomic E-state index is -1.21. The maximum atomic E-state index is 9.51. The van der Waals surface area contributed by atoms with Gasteiger partial charge < -0.3 is 15.9 Å². The molecule has 0 aromatic carbocycles. The Kier molecular flexibility index (Phi) is 3.29. The summed E-state index contributed by atoms with van der Waals surface area (Å²) in [6, 6.07) is 0. The number of aliphatic hydroxyl groups excluding tert-OH is 2. The lowest BCUT2D eigenvalue weighted by atomic mass is 10.1. The van der Waals surface area contributed by atoms with Crippen LogP contribution in [0.25, 0.3) is 10.4 Å². The highest BCUT2D eigenvalue weighted by molar-refractivity contribution is 5.38. The molecule has 8 heteroatoms. The molecule has 0 amide bonds. The molecule has 2 atom stereocenters. The summed E-state index contributed by atoms with van der Waals surface area (Å²) in [6.07, 6.45) is -1.09. The smallest absolute Gasteiger partial charge is 0.124 e. The summed E-state index contributed by atoms with van der Waals surface area (Å²) in [7, 11) is 0. The van der Waals surface area contributed by atoms with Crippen LogP contribution in [-0.2, 0) is 0 Å². The molecule has 0 radical (unpaired) electrons. The van der Waals surface area contributed by atoms with Crippen molar-refractivity contribution in [3.05, 3.63) is 22.2 Å². The third-order valence-corrected chi connectivity index (χ3v) is 1.71. The lowest BCUT2D eigenvalue weighted by Gasteiger charge is -2.14. The zero-order chi connectivity index (χ0) is 10.6. The molecular weight excluding hydrogens is 188 g/mol. The van der Waals surface area contributed by atoms with Crippen molar-refractivity contribution in [2.45, 2.75) is 12.2 Å². The van der Waals surface area contributed by atoms with Crippen molar-refractivity contribution in [2.24, 2.45) is 5.11 Å². The first-order valence-corrected chi connectivity index (χ1v) is 3.82. The minimum absolute atomic E-state index is 0.178. The van der Waals surface area contributed by atoms with Gasteiger partial charge in [-0.25, -0.2) is 0 Å². The number of nitrogens with zero attached hydrogens (tertiary/aromatic N) is 4. The molecule has 1 aromatic heterocycles. The SMILES string of the molecule is [N-]=[N+]=NCC(O)C(O)c1cn[nH]c1N. The Morgan fingerprint density at radius 3 is 2.93 bits per heavy atom. The topological polar surface area (TPSA) is 144 Å². The van der Waals surface area contributed by atoms with Gasteiger partial charge in [0.25, 0.3) is 0 Å². The van der Waals surface area contributed by atoms with Crippen molar-refractivity contribution in [3.8, 4) is 0 Å². The molecule has 0 spiro atoms. The van der Waals surface area contributed by atoms with Crippen molar-refractivity contribution in [1.29, 1.82) is 0 Å². The quantitative estimate of drug-likeness (QED) is 0.299. The van der Waals surface area contributed by atoms with Gasteiger partial charge in [-0.2, -0.15) is 5.10 Å². The van der Waals surface area contributed by atoms with E-state index in [1.54, 1.807) is 0 Å². The monoisotopic (exact) mass is 198 g/mol. The molecule has 1 aromatic rings. The molecule has 76 valence electrons. The van der Waals surface area contributed by atoms with Crippen LogP contribution in [-0.4, -0.2) is 33.1 Å². The van der Waals surface area contributed by atoms with Gasteiger partial charge >= 0.3 is 0 Å². The Balaban J connectivity index is 2.69. The lowest BCUT2D eigenvalue weighted by Crippen LogP contribution is -2.21. The lowest BCUT2D eigenvalue weighted by molar-refractivity contribution is 0.0248. The van der Waals surface area contributed by atoms with Gasteiger partial charge in [-0.15, -0.1) is 0 Å². The van der Waals surface area contributed by atoms with Gasteiger partial charge in [0.2, 0.25) is 0 Å². The van der Waals surface area contributed by atoms with Gasteiger partial charge in [0, 0.05) is 10.5 Å². The average molecular weight is 198 g/mol. The minimum Gasteiger partial charge on any atom is -0.390 e. The van der Waals surface area contributed by atoms with Gasteiger partial charge in [-0.1, -0.05) is 5.11 Å². The summed E-state index contributed by atoms with van der Waals surface area (Å²) >= 11 is 0. The van der Waals surface area contributed by atoms with Crippen LogP contribution in [0.15, 0.2) is 11.3 Å². The van der Waals surface area contributed by atoms with E-state index in [4.69, 9.17) is 11.3 Å². The van der Waals surface area contributed by atoms with Crippen LogP contribution in [0, 0.1) is 0 Å². The normalized spacial score (nSPS) is 14.4. The predicted molar refractivity (Wildman–Crippen MR) is 48.0 cm³/mol. The highest BCUT2D eigenvalue weighted by Gasteiger charge is 2.20. The van der Waals surface area contributed by atoms with Gasteiger partial charge in [0.05, 0.1) is 18.8 Å². The fraction of sp³-hybridized carbons (Fsp3) is 0.500. The Labute approximate surface area is 79.0 Å². The second kappa shape index (κ2) is 4.47. The molecule has 2 unspecified atom stereocenters. The summed E-state index contributed by atoms with van der Waals surface area (Å²) in [5, 5.41) is 28.0. The number of hydrogen-bond acceptors (Lipinski definition) is 5. The largest absolute Gasteiger partial charge is 0.390 e. The van der Waals surface area contributed by atoms with E-state index in [0.29, 0.717) is 0 Å². The highest BCUT2D eigenvalue weighted by atomic mass is 16.3. The second-order valence-corrected chi connectivity index (χ2v) is 2.66. The van der Waals surface area contributed by atoms with Gasteiger partial charge in [0.1, 0.15) is 11.9 Å². The van der Waals surface area contributed by atoms with Crippen molar-refractivity contribution >= 4 is 5.82 Å². The van der Waals surface area contributed by atoms with E-state index in [2.05, 4.69) is 20.2 Å². The number of nitrogen functional groups attached to an aromatic ring is 1. The predicted octanol–water partition coefficient (Wildman–Crippen LogP) is -0.304. The third-order valence-electron chi connectivity index (χ3n) is 1.71. The summed E-state index contributed by atoms with van der Waals surface area (Å²) in [5.41, 5.74) is 13.7. The Morgan fingerprint density at radius 1 is 1.71 bits per heavy atom. The molecule has 0 fully saturated rings. The number of rotatable bonds is 4. The van der Waals surface area contributed by atoms with Crippen LogP contribution in [0.1, 0.15) is 11.7 Å². The number of aliphatic hydroxyl groups is 2. The first-order chi connectivity index (χ1) is 6.66. The molecule has 0 bridgehead atoms. The Hall–Kier alpha value is -1.76. The molecule has 1 rings (SSSR count). The van der Waals surface area contributed by atoms with Crippen molar-refractivity contribution in [2.75, 3.05) is 12.3 Å². The van der Waals surface area contributed by atoms with Gasteiger partial charge in [-0.05, 0) is 5.53 Å². The third kappa shape index (κ3) is 2.13. The van der Waals surface area contributed by atoms with Crippen LogP contribution < -0.4 is 5.73 Å². The number of nitrogens with two attached hydrogens (primary N) is 1. The number of nitrogens with one attached hydrogen (secondary N) is 1. The first kappa shape index (κ1) is 10.3. The van der Waals surface area contributed by atoms with E-state index in [0.717, 1.165) is 0 Å². The van der Waals surface area contributed by atoms with Crippen LogP contribution >= 0.6 is 0 Å². The Bertz CT molecular complexity index is 344. The number of anilines is 1. The first-order valence-electron chi connectivity index (χ1n) is 3.82. The zero-order valence-corrected chi connectivity index (χ0v) is 7.20. The summed E-state index contributed by atoms with van der Waals surface area (Å²) in [4.78, 5) is 2.46. The van der Waals surface area contributed by atoms with Crippen molar-refractivity contribution in [1.82, 2.24) is 10.2 Å². The molecule has 0 saturated carbocycles. The molecule has 14 heavy (non-hydrogen) atoms. The second-order valence-electron chi connectivity index (χ2n) is 2.66. The number of H-pyrrole nitrogens is 1. The maximum Gasteiger partial charge on any atom is 0.124 e. The zero-order valence-electron chi connectivity index (χ0n) is 7.20. The molecule has 0 aliphatic carbocycles. The fourth-order valence-electron chi connectivity index (χ4n) is 0.968. The molecule has 1 heterocycles. The van der Waals surface area contributed by atoms with E-state index in [1.165, 1.54) is 6.20 Å². The van der Waals surface area contributed by atoms with E-state index in [9.17, 15) is 10.2 Å². The van der Waals surface area contributed by atoms with E-state index in [-0.39, 0.29) is 17.9 Å².